The Morgan fingerprint density at radius 2 is 1.68 bits per heavy atom. The molecule has 1 aliphatic heterocycles. The monoisotopic (exact) mass is 742 g/mol. The Labute approximate surface area is 305 Å². The molecule has 0 amide bonds. The molecule has 1 heterocycles. The van der Waals surface area contributed by atoms with Gasteiger partial charge in [-0.2, -0.15) is 0 Å². The van der Waals surface area contributed by atoms with Crippen LogP contribution in [0.4, 0.5) is 5.69 Å². The maximum Gasteiger partial charge on any atom is 0.338 e. The fourth-order valence-corrected chi connectivity index (χ4v) is 5.31. The van der Waals surface area contributed by atoms with Crippen molar-refractivity contribution in [3.8, 4) is 28.7 Å². The molecular formula is C36H46N4O13. The number of anilines is 1. The van der Waals surface area contributed by atoms with Crippen LogP contribution < -0.4 is 35.3 Å². The van der Waals surface area contributed by atoms with Crippen LogP contribution in [0.3, 0.4) is 0 Å². The summed E-state index contributed by atoms with van der Waals surface area (Å²) in [6.45, 7) is 3.47. The number of rotatable bonds is 17. The highest BCUT2D eigenvalue weighted by atomic mass is 16.7. The Morgan fingerprint density at radius 3 is 2.36 bits per heavy atom. The first-order chi connectivity index (χ1) is 25.4. The fraction of sp³-hybridized carbons (Fsp3) is 0.417. The number of carbonyl (C=O) groups is 2. The van der Waals surface area contributed by atoms with E-state index < -0.39 is 49.3 Å². The summed E-state index contributed by atoms with van der Waals surface area (Å²) in [4.78, 5) is 29.0. The molecule has 288 valence electrons. The number of phenolic OH excluding ortho intramolecular Hbond substituents is 1. The first-order valence-corrected chi connectivity index (χ1v) is 16.8. The van der Waals surface area contributed by atoms with Gasteiger partial charge in [0.25, 0.3) is 0 Å². The van der Waals surface area contributed by atoms with E-state index in [0.717, 1.165) is 12.0 Å². The van der Waals surface area contributed by atoms with Gasteiger partial charge in [-0.3, -0.25) is 4.99 Å². The van der Waals surface area contributed by atoms with Crippen molar-refractivity contribution in [1.29, 1.82) is 0 Å². The molecule has 0 radical (unpaired) electrons. The van der Waals surface area contributed by atoms with Crippen LogP contribution in [0, 0.1) is 0 Å². The second kappa shape index (κ2) is 18.8. The smallest absolute Gasteiger partial charge is 0.338 e. The number of nitrogens with two attached hydrogens (primary N) is 1. The highest BCUT2D eigenvalue weighted by Gasteiger charge is 2.46. The van der Waals surface area contributed by atoms with Crippen LogP contribution in [0.1, 0.15) is 45.7 Å². The third kappa shape index (κ3) is 10.3. The van der Waals surface area contributed by atoms with Crippen LogP contribution >= 0.6 is 0 Å². The average molecular weight is 743 g/mol. The molecule has 5 atom stereocenters. The molecular weight excluding hydrogens is 696 g/mol. The number of carboxylic acids is 1. The number of ether oxygens (including phenoxy) is 6. The van der Waals surface area contributed by atoms with E-state index in [2.05, 4.69) is 28.6 Å². The number of aromatic carboxylic acids is 1. The highest BCUT2D eigenvalue weighted by molar-refractivity contribution is 5.95. The average Bonchev–Trinajstić information content (AvgIpc) is 3.15. The van der Waals surface area contributed by atoms with Crippen LogP contribution in [0.15, 0.2) is 53.5 Å². The van der Waals surface area contributed by atoms with E-state index in [-0.39, 0.29) is 64.9 Å². The van der Waals surface area contributed by atoms with Gasteiger partial charge in [0.15, 0.2) is 35.7 Å². The summed E-state index contributed by atoms with van der Waals surface area (Å²) >= 11 is 0. The second-order valence-corrected chi connectivity index (χ2v) is 11.8. The SMILES string of the molecule is CCNc1cc(O[C@@H]2O[C@H](COC(=O)c3cc(OC)c(O)c(OCCc4cccc(CC)c4)c3)[C@@H](O)[C@H](O)[C@H]2O)c(OCNC(N)=NC)cc1C(=O)O. The van der Waals surface area contributed by atoms with Gasteiger partial charge in [0.05, 0.1) is 30.5 Å². The highest BCUT2D eigenvalue weighted by Crippen LogP contribution is 2.39. The first kappa shape index (κ1) is 40.3. The molecule has 3 aromatic carbocycles. The molecule has 17 heteroatoms. The lowest BCUT2D eigenvalue weighted by Crippen LogP contribution is -2.60. The maximum atomic E-state index is 13.2. The van der Waals surface area contributed by atoms with Gasteiger partial charge in [-0.1, -0.05) is 31.2 Å². The molecule has 0 spiro atoms. The third-order valence-corrected chi connectivity index (χ3v) is 8.24. The molecule has 0 saturated carbocycles. The van der Waals surface area contributed by atoms with E-state index in [1.165, 1.54) is 44.0 Å². The number of nitrogens with one attached hydrogen (secondary N) is 2. The summed E-state index contributed by atoms with van der Waals surface area (Å²) in [5, 5.41) is 58.3. The number of methoxy groups -OCH3 is 1. The van der Waals surface area contributed by atoms with Crippen molar-refractivity contribution in [2.24, 2.45) is 10.7 Å². The van der Waals surface area contributed by atoms with Crippen molar-refractivity contribution in [2.45, 2.75) is 57.4 Å². The number of hydrogen-bond donors (Lipinski definition) is 8. The zero-order valence-corrected chi connectivity index (χ0v) is 29.8. The van der Waals surface area contributed by atoms with Gasteiger partial charge in [0, 0.05) is 32.1 Å². The lowest BCUT2D eigenvalue weighted by atomic mass is 9.99. The van der Waals surface area contributed by atoms with Gasteiger partial charge in [-0.15, -0.1) is 0 Å². The Morgan fingerprint density at radius 1 is 0.943 bits per heavy atom. The minimum Gasteiger partial charge on any atom is -0.502 e. The van der Waals surface area contributed by atoms with Crippen molar-refractivity contribution in [1.82, 2.24) is 5.32 Å². The van der Waals surface area contributed by atoms with Gasteiger partial charge in [-0.05, 0) is 36.6 Å². The third-order valence-electron chi connectivity index (χ3n) is 8.24. The number of hydrogen-bond acceptors (Lipinski definition) is 14. The molecule has 3 aromatic rings. The van der Waals surface area contributed by atoms with Crippen LogP contribution in [0.25, 0.3) is 0 Å². The predicted octanol–water partition coefficient (Wildman–Crippen LogP) is 1.63. The number of aryl methyl sites for hydroxylation is 1. The Hall–Kier alpha value is -5.49. The van der Waals surface area contributed by atoms with Crippen LogP contribution in [-0.4, -0.2) is 115 Å². The van der Waals surface area contributed by atoms with E-state index in [9.17, 15) is 35.1 Å². The Bertz CT molecular complexity index is 1750. The number of aromatic hydroxyl groups is 1. The van der Waals surface area contributed by atoms with E-state index in [1.807, 2.05) is 18.2 Å². The Kier molecular flexibility index (Phi) is 14.3. The molecule has 1 fully saturated rings. The van der Waals surface area contributed by atoms with E-state index in [4.69, 9.17) is 34.2 Å². The van der Waals surface area contributed by atoms with Crippen LogP contribution in [0.5, 0.6) is 28.7 Å². The topological polar surface area (TPSA) is 253 Å². The van der Waals surface area contributed by atoms with E-state index in [1.54, 1.807) is 6.92 Å². The number of nitrogens with zero attached hydrogens (tertiary/aromatic N) is 1. The summed E-state index contributed by atoms with van der Waals surface area (Å²) in [6.07, 6.45) is -7.00. The lowest BCUT2D eigenvalue weighted by molar-refractivity contribution is -0.277. The van der Waals surface area contributed by atoms with Gasteiger partial charge < -0.3 is 70.3 Å². The quantitative estimate of drug-likeness (QED) is 0.0423. The van der Waals surface area contributed by atoms with Crippen LogP contribution in [0.2, 0.25) is 0 Å². The fourth-order valence-electron chi connectivity index (χ4n) is 5.31. The lowest BCUT2D eigenvalue weighted by Gasteiger charge is -2.40. The van der Waals surface area contributed by atoms with Gasteiger partial charge >= 0.3 is 11.9 Å². The summed E-state index contributed by atoms with van der Waals surface area (Å²) in [5.41, 5.74) is 7.80. The molecule has 0 aromatic heterocycles. The van der Waals surface area contributed by atoms with Crippen molar-refractivity contribution in [3.63, 3.8) is 0 Å². The van der Waals surface area contributed by atoms with Gasteiger partial charge in [0.2, 0.25) is 12.0 Å². The molecule has 17 nitrogen and oxygen atoms in total. The second-order valence-electron chi connectivity index (χ2n) is 11.8. The molecule has 1 saturated heterocycles. The molecule has 4 rings (SSSR count). The number of aliphatic hydroxyl groups excluding tert-OH is 3. The molecule has 0 unspecified atom stereocenters. The maximum absolute atomic E-state index is 13.2. The number of esters is 1. The van der Waals surface area contributed by atoms with Gasteiger partial charge in [0.1, 0.15) is 31.0 Å². The Balaban J connectivity index is 1.49. The molecule has 1 aliphatic rings. The van der Waals surface area contributed by atoms with Gasteiger partial charge in [-0.25, -0.2) is 9.59 Å². The summed E-state index contributed by atoms with van der Waals surface area (Å²) < 4.78 is 33.8. The van der Waals surface area contributed by atoms with Crippen molar-refractivity contribution >= 4 is 23.6 Å². The number of aliphatic hydroxyl groups is 3. The summed E-state index contributed by atoms with van der Waals surface area (Å²) in [6, 6.07) is 13.0. The number of carboxylic acid groups (broad SMARTS) is 1. The summed E-state index contributed by atoms with van der Waals surface area (Å²) in [7, 11) is 2.75. The number of carbonyl (C=O) groups excluding carboxylic acids is 1. The van der Waals surface area contributed by atoms with Crippen LogP contribution in [-0.2, 0) is 22.3 Å². The molecule has 53 heavy (non-hydrogen) atoms. The number of guanidine groups is 1. The predicted molar refractivity (Wildman–Crippen MR) is 191 cm³/mol. The zero-order chi connectivity index (χ0) is 38.7. The summed E-state index contributed by atoms with van der Waals surface area (Å²) in [5.74, 6) is -2.73. The van der Waals surface area contributed by atoms with E-state index in [0.29, 0.717) is 13.0 Å². The first-order valence-electron chi connectivity index (χ1n) is 16.8. The van der Waals surface area contributed by atoms with Crippen molar-refractivity contribution in [2.75, 3.05) is 46.0 Å². The zero-order valence-electron chi connectivity index (χ0n) is 29.8. The van der Waals surface area contributed by atoms with E-state index >= 15 is 0 Å². The normalized spacial score (nSPS) is 19.9. The minimum atomic E-state index is -1.82. The number of phenols is 1. The standard InChI is InChI=1S/C36H46N4O13/c1-5-19-8-7-9-20(12-19)10-11-49-27-14-21(13-26(48-4)29(27)41)34(47)50-17-28-30(42)31(43)32(44)35(53-28)52-25-16-23(39-6-2)22(33(45)46)15-24(25)51-18-40-36(37)38-3/h7-9,12-16,28,30-32,35,39,41-44H,5-6,10-11,17-18H2,1-4H3,(H,45,46)(H3,37,38,40)/t28-,30-,31+,32-,35-/m1/s1. The molecule has 9 N–H and O–H groups in total. The number of benzene rings is 3. The number of aliphatic imine (C=N–C) groups is 1. The van der Waals surface area contributed by atoms with Crippen molar-refractivity contribution in [3.05, 3.63) is 70.8 Å². The molecule has 0 bridgehead atoms. The molecule has 0 aliphatic carbocycles. The minimum absolute atomic E-state index is 0.0207. The van der Waals surface area contributed by atoms with Crippen molar-refractivity contribution < 1.29 is 63.5 Å². The largest absolute Gasteiger partial charge is 0.502 e.